The molecule has 0 saturated carbocycles. The second-order valence-electron chi connectivity index (χ2n) is 3.31. The van der Waals surface area contributed by atoms with Crippen LogP contribution in [-0.4, -0.2) is 12.7 Å². The maximum Gasteiger partial charge on any atom is 0.100 e. The summed E-state index contributed by atoms with van der Waals surface area (Å²) >= 11 is 6.16. The van der Waals surface area contributed by atoms with Crippen molar-refractivity contribution in [1.82, 2.24) is 0 Å². The van der Waals surface area contributed by atoms with Crippen LogP contribution in [0, 0.1) is 0 Å². The molecule has 0 rings (SSSR count). The highest BCUT2D eigenvalue weighted by molar-refractivity contribution is 6.30. The molecular weight excluding hydrogens is 184 g/mol. The Morgan fingerprint density at radius 1 is 1.54 bits per heavy atom. The van der Waals surface area contributed by atoms with Gasteiger partial charge in [0.25, 0.3) is 0 Å². The fourth-order valence-corrected chi connectivity index (χ4v) is 1.23. The van der Waals surface area contributed by atoms with E-state index in [1.165, 1.54) is 0 Å². The minimum Gasteiger partial charge on any atom is -0.373 e. The second-order valence-corrected chi connectivity index (χ2v) is 3.72. The van der Waals surface area contributed by atoms with Crippen LogP contribution in [0.5, 0.6) is 0 Å². The van der Waals surface area contributed by atoms with Gasteiger partial charge in [0.2, 0.25) is 0 Å². The average Bonchev–Trinajstić information content (AvgIpc) is 2.16. The largest absolute Gasteiger partial charge is 0.373 e. The summed E-state index contributed by atoms with van der Waals surface area (Å²) in [5.41, 5.74) is 0.813. The van der Waals surface area contributed by atoms with E-state index >= 15 is 0 Å². The van der Waals surface area contributed by atoms with Crippen LogP contribution in [0.4, 0.5) is 0 Å². The molecule has 0 amide bonds. The summed E-state index contributed by atoms with van der Waals surface area (Å²) in [4.78, 5) is 0. The van der Waals surface area contributed by atoms with Crippen LogP contribution in [0.3, 0.4) is 0 Å². The molecule has 2 heteroatoms. The van der Waals surface area contributed by atoms with Crippen LogP contribution in [0.25, 0.3) is 0 Å². The second kappa shape index (κ2) is 5.46. The molecule has 76 valence electrons. The zero-order valence-electron chi connectivity index (χ0n) is 9.15. The molecule has 0 heterocycles. The molecule has 0 radical (unpaired) electrons. The third kappa shape index (κ3) is 3.53. The number of ether oxygens (including phenoxy) is 1. The molecule has 0 N–H and O–H groups in total. The predicted molar refractivity (Wildman–Crippen MR) is 59.1 cm³/mol. The third-order valence-electron chi connectivity index (χ3n) is 2.44. The molecule has 1 atom stereocenters. The molecule has 0 aliphatic carbocycles. The van der Waals surface area contributed by atoms with Gasteiger partial charge in [-0.2, -0.15) is 0 Å². The molecule has 0 aromatic carbocycles. The van der Waals surface area contributed by atoms with Gasteiger partial charge in [-0.05, 0) is 33.3 Å². The van der Waals surface area contributed by atoms with Crippen LogP contribution < -0.4 is 0 Å². The highest BCUT2D eigenvalue weighted by Crippen LogP contribution is 2.28. The zero-order valence-corrected chi connectivity index (χ0v) is 9.90. The topological polar surface area (TPSA) is 9.23 Å². The highest BCUT2D eigenvalue weighted by atomic mass is 35.5. The summed E-state index contributed by atoms with van der Waals surface area (Å²) in [7, 11) is 1.69. The maximum atomic E-state index is 6.16. The van der Waals surface area contributed by atoms with Gasteiger partial charge in [-0.1, -0.05) is 30.2 Å². The van der Waals surface area contributed by atoms with Crippen LogP contribution in [-0.2, 0) is 4.74 Å². The average molecular weight is 203 g/mol. The van der Waals surface area contributed by atoms with Crippen LogP contribution in [0.1, 0.15) is 34.1 Å². The number of methoxy groups -OCH3 is 1. The Hall–Kier alpha value is -0.270. The Kier molecular flexibility index (Phi) is 5.34. The Morgan fingerprint density at radius 3 is 2.38 bits per heavy atom. The van der Waals surface area contributed by atoms with Gasteiger partial charge in [-0.25, -0.2) is 0 Å². The molecule has 0 spiro atoms. The van der Waals surface area contributed by atoms with Crippen molar-refractivity contribution in [2.45, 2.75) is 39.7 Å². The van der Waals surface area contributed by atoms with E-state index < -0.39 is 0 Å². The normalized spacial score (nSPS) is 18.6. The lowest BCUT2D eigenvalue weighted by Gasteiger charge is -2.26. The van der Waals surface area contributed by atoms with Gasteiger partial charge in [-0.15, -0.1) is 0 Å². The lowest BCUT2D eigenvalue weighted by atomic mass is 10.0. The molecule has 0 aromatic rings. The number of rotatable bonds is 4. The lowest BCUT2D eigenvalue weighted by Crippen LogP contribution is -2.26. The Morgan fingerprint density at radius 2 is 2.08 bits per heavy atom. The number of hydrogen-bond donors (Lipinski definition) is 0. The van der Waals surface area contributed by atoms with Gasteiger partial charge < -0.3 is 4.74 Å². The fraction of sp³-hybridized carbons (Fsp3) is 0.636. The van der Waals surface area contributed by atoms with Crippen molar-refractivity contribution in [1.29, 1.82) is 0 Å². The summed E-state index contributed by atoms with van der Waals surface area (Å²) in [6.07, 6.45) is 4.85. The fourth-order valence-electron chi connectivity index (χ4n) is 0.847. The first-order chi connectivity index (χ1) is 6.00. The van der Waals surface area contributed by atoms with E-state index in [2.05, 4.69) is 6.92 Å². The quantitative estimate of drug-likeness (QED) is 0.629. The highest BCUT2D eigenvalue weighted by Gasteiger charge is 2.24. The Bertz CT molecular complexity index is 212. The van der Waals surface area contributed by atoms with Crippen molar-refractivity contribution in [2.75, 3.05) is 7.11 Å². The number of halogens is 1. The van der Waals surface area contributed by atoms with Gasteiger partial charge in [0, 0.05) is 12.1 Å². The molecule has 13 heavy (non-hydrogen) atoms. The van der Waals surface area contributed by atoms with Crippen LogP contribution in [0.2, 0.25) is 0 Å². The van der Waals surface area contributed by atoms with Gasteiger partial charge in [0.1, 0.15) is 5.60 Å². The van der Waals surface area contributed by atoms with Crippen LogP contribution in [0.15, 0.2) is 22.8 Å². The predicted octanol–water partition coefficient (Wildman–Crippen LogP) is 3.89. The molecular formula is C11H19ClO. The first-order valence-corrected chi connectivity index (χ1v) is 4.93. The lowest BCUT2D eigenvalue weighted by molar-refractivity contribution is 0.0415. The van der Waals surface area contributed by atoms with Crippen molar-refractivity contribution in [3.63, 3.8) is 0 Å². The number of hydrogen-bond acceptors (Lipinski definition) is 1. The van der Waals surface area contributed by atoms with Gasteiger partial charge in [0.05, 0.1) is 0 Å². The smallest absolute Gasteiger partial charge is 0.100 e. The first kappa shape index (κ1) is 12.7. The summed E-state index contributed by atoms with van der Waals surface area (Å²) in [5, 5.41) is 0.758. The molecule has 1 nitrogen and oxygen atoms in total. The monoisotopic (exact) mass is 202 g/mol. The zero-order chi connectivity index (χ0) is 10.5. The number of allylic oxidation sites excluding steroid dienone is 3. The molecule has 0 bridgehead atoms. The van der Waals surface area contributed by atoms with E-state index in [9.17, 15) is 0 Å². The molecule has 0 fully saturated rings. The van der Waals surface area contributed by atoms with Crippen LogP contribution >= 0.6 is 11.6 Å². The molecule has 0 aliphatic rings. The minimum atomic E-state index is -0.341. The summed E-state index contributed by atoms with van der Waals surface area (Å²) in [6.45, 7) is 8.07. The van der Waals surface area contributed by atoms with Gasteiger partial charge in [-0.3, -0.25) is 0 Å². The summed E-state index contributed by atoms with van der Waals surface area (Å²) in [6, 6.07) is 0. The van der Waals surface area contributed by atoms with E-state index in [0.29, 0.717) is 0 Å². The van der Waals surface area contributed by atoms with E-state index in [4.69, 9.17) is 16.3 Å². The van der Waals surface area contributed by atoms with Gasteiger partial charge >= 0.3 is 0 Å². The van der Waals surface area contributed by atoms with Crippen molar-refractivity contribution >= 4 is 11.6 Å². The van der Waals surface area contributed by atoms with E-state index in [1.54, 1.807) is 7.11 Å². The Labute approximate surface area is 86.4 Å². The van der Waals surface area contributed by atoms with Gasteiger partial charge in [0.15, 0.2) is 0 Å². The molecule has 0 saturated heterocycles. The first-order valence-electron chi connectivity index (χ1n) is 4.56. The molecule has 0 aromatic heterocycles. The van der Waals surface area contributed by atoms with Crippen molar-refractivity contribution in [2.24, 2.45) is 0 Å². The summed E-state index contributed by atoms with van der Waals surface area (Å²) in [5.74, 6) is 0. The third-order valence-corrected chi connectivity index (χ3v) is 2.95. The molecule has 1 unspecified atom stereocenters. The summed E-state index contributed by atoms with van der Waals surface area (Å²) < 4.78 is 5.37. The van der Waals surface area contributed by atoms with Crippen molar-refractivity contribution in [3.8, 4) is 0 Å². The maximum absolute atomic E-state index is 6.16. The van der Waals surface area contributed by atoms with E-state index in [-0.39, 0.29) is 5.60 Å². The minimum absolute atomic E-state index is 0.341. The Balaban J connectivity index is 4.74. The standard InChI is InChI=1S/C11H19ClO/c1-6-9(3)8-10(12)11(4,7-2)13-5/h6,8H,7H2,1-5H3. The van der Waals surface area contributed by atoms with Crippen molar-refractivity contribution < 1.29 is 4.74 Å². The van der Waals surface area contributed by atoms with E-state index in [0.717, 1.165) is 17.0 Å². The molecule has 0 aliphatic heterocycles. The van der Waals surface area contributed by atoms with Crippen molar-refractivity contribution in [3.05, 3.63) is 22.8 Å². The van der Waals surface area contributed by atoms with E-state index in [1.807, 2.05) is 32.9 Å². The SMILES string of the molecule is CC=C(C)C=C(Cl)C(C)(CC)OC.